The van der Waals surface area contributed by atoms with Crippen LogP contribution in [0.15, 0.2) is 18.2 Å². The Morgan fingerprint density at radius 2 is 1.76 bits per heavy atom. The molecule has 0 unspecified atom stereocenters. The van der Waals surface area contributed by atoms with Crippen LogP contribution in [0.1, 0.15) is 108 Å². The fraction of sp³-hybridized carbons (Fsp3) is 0.765. The van der Waals surface area contributed by atoms with Gasteiger partial charge in [-0.15, -0.1) is 0 Å². The van der Waals surface area contributed by atoms with Crippen molar-refractivity contribution in [3.05, 3.63) is 29.3 Å². The Hall–Kier alpha value is -1.50. The highest BCUT2D eigenvalue weighted by atomic mass is 16.5. The molecule has 2 aliphatic heterocycles. The van der Waals surface area contributed by atoms with Crippen molar-refractivity contribution in [2.24, 2.45) is 40.7 Å². The molecule has 7 aliphatic rings. The number of benzene rings is 1. The van der Waals surface area contributed by atoms with Crippen molar-refractivity contribution in [3.63, 3.8) is 0 Å². The minimum absolute atomic E-state index is 0.0962. The molecule has 4 saturated carbocycles. The van der Waals surface area contributed by atoms with Crippen molar-refractivity contribution < 1.29 is 9.84 Å². The molecular formula is C34H47NO2. The SMILES string of the molecule is C[C@@]1(C2CCCCC2)O[C@@]23CC[C@H]1[C@H](N)[C@H]2C#CCc1cc(O)ccc1C[C@H]1C[C@H]3CC2(CCCC2)C1. The van der Waals surface area contributed by atoms with E-state index in [9.17, 15) is 5.11 Å². The Morgan fingerprint density at radius 1 is 0.946 bits per heavy atom. The first kappa shape index (κ1) is 24.5. The van der Waals surface area contributed by atoms with Gasteiger partial charge in [0.15, 0.2) is 0 Å². The van der Waals surface area contributed by atoms with Crippen molar-refractivity contribution >= 4 is 0 Å². The largest absolute Gasteiger partial charge is 0.508 e. The molecule has 200 valence electrons. The molecule has 2 heterocycles. The summed E-state index contributed by atoms with van der Waals surface area (Å²) >= 11 is 0. The minimum Gasteiger partial charge on any atom is -0.508 e. The van der Waals surface area contributed by atoms with Crippen molar-refractivity contribution in [2.75, 3.05) is 0 Å². The van der Waals surface area contributed by atoms with E-state index in [4.69, 9.17) is 10.5 Å². The van der Waals surface area contributed by atoms with E-state index >= 15 is 0 Å². The molecule has 4 bridgehead atoms. The second kappa shape index (κ2) is 9.02. The van der Waals surface area contributed by atoms with E-state index in [1.54, 1.807) is 0 Å². The Morgan fingerprint density at radius 3 is 2.57 bits per heavy atom. The number of hydrogen-bond acceptors (Lipinski definition) is 3. The van der Waals surface area contributed by atoms with Crippen LogP contribution in [0.4, 0.5) is 0 Å². The van der Waals surface area contributed by atoms with Gasteiger partial charge < -0.3 is 15.6 Å². The van der Waals surface area contributed by atoms with Gasteiger partial charge in [-0.1, -0.05) is 50.0 Å². The molecular weight excluding hydrogens is 454 g/mol. The molecule has 0 amide bonds. The van der Waals surface area contributed by atoms with Gasteiger partial charge in [0.1, 0.15) is 5.75 Å². The van der Waals surface area contributed by atoms with Gasteiger partial charge in [0.05, 0.1) is 17.1 Å². The lowest BCUT2D eigenvalue weighted by Crippen LogP contribution is -2.73. The van der Waals surface area contributed by atoms with Crippen LogP contribution in [0, 0.1) is 46.8 Å². The van der Waals surface area contributed by atoms with Crippen LogP contribution in [0.3, 0.4) is 0 Å². The van der Waals surface area contributed by atoms with E-state index in [2.05, 4.69) is 24.8 Å². The molecule has 8 rings (SSSR count). The van der Waals surface area contributed by atoms with Crippen molar-refractivity contribution in [3.8, 4) is 17.6 Å². The fourth-order valence-electron chi connectivity index (χ4n) is 10.8. The Kier molecular flexibility index (Phi) is 5.98. The van der Waals surface area contributed by atoms with Gasteiger partial charge in [-0.05, 0) is 118 Å². The zero-order valence-electron chi connectivity index (χ0n) is 22.9. The first-order chi connectivity index (χ1) is 17.9. The summed E-state index contributed by atoms with van der Waals surface area (Å²) in [4.78, 5) is 0. The van der Waals surface area contributed by atoms with Crippen LogP contribution in [-0.4, -0.2) is 22.4 Å². The lowest BCUT2D eigenvalue weighted by Gasteiger charge is -2.67. The predicted molar refractivity (Wildman–Crippen MR) is 148 cm³/mol. The van der Waals surface area contributed by atoms with E-state index in [0.717, 1.165) is 12.8 Å². The molecule has 0 aromatic heterocycles. The van der Waals surface area contributed by atoms with Gasteiger partial charge in [0, 0.05) is 18.4 Å². The first-order valence-electron chi connectivity index (χ1n) is 15.7. The van der Waals surface area contributed by atoms with Crippen LogP contribution in [0.2, 0.25) is 0 Å². The molecule has 1 aromatic carbocycles. The molecule has 3 N–H and O–H groups in total. The zero-order valence-corrected chi connectivity index (χ0v) is 22.9. The Labute approximate surface area is 224 Å². The maximum Gasteiger partial charge on any atom is 0.115 e. The lowest BCUT2D eigenvalue weighted by atomic mass is 9.49. The normalized spacial score (nSPS) is 42.8. The number of phenolic OH excluding ortho intramolecular Hbond substituents is 1. The van der Waals surface area contributed by atoms with Crippen molar-refractivity contribution in [1.82, 2.24) is 0 Å². The number of hydrogen-bond donors (Lipinski definition) is 2. The molecule has 2 spiro atoms. The molecule has 1 aromatic rings. The molecule has 7 atom stereocenters. The topological polar surface area (TPSA) is 55.5 Å². The summed E-state index contributed by atoms with van der Waals surface area (Å²) in [6, 6.07) is 6.12. The summed E-state index contributed by atoms with van der Waals surface area (Å²) in [5.41, 5.74) is 10.1. The summed E-state index contributed by atoms with van der Waals surface area (Å²) < 4.78 is 7.71. The second-order valence-electron chi connectivity index (χ2n) is 14.3. The molecule has 37 heavy (non-hydrogen) atoms. The van der Waals surface area contributed by atoms with Crippen molar-refractivity contribution in [2.45, 2.75) is 127 Å². The smallest absolute Gasteiger partial charge is 0.115 e. The number of nitrogens with two attached hydrogens (primary N) is 1. The number of ether oxygens (including phenoxy) is 1. The summed E-state index contributed by atoms with van der Waals surface area (Å²) in [6.45, 7) is 2.47. The standard InChI is InChI=1S/C34H47NO2/c1-32(26-9-3-2-4-10-26)29-14-17-34(37-32)27-19-23(21-33(22-27)15-5-6-16-33)18-25-12-13-28(36)20-24(25)8-7-11-30(34)31(29)35/h12-13,20,23,26-27,29-31,36H,2-6,8-10,14-19,21-22,35H2,1H3/t23-,27-,29-,30+,31-,32-,34+/m0/s1. The quantitative estimate of drug-likeness (QED) is 0.410. The van der Waals surface area contributed by atoms with Gasteiger partial charge in [-0.2, -0.15) is 0 Å². The van der Waals surface area contributed by atoms with E-state index in [1.807, 2.05) is 12.1 Å². The number of fused-ring (bicyclic) bond motifs is 5. The number of rotatable bonds is 1. The average molecular weight is 502 g/mol. The molecule has 2 saturated heterocycles. The minimum atomic E-state index is -0.194. The van der Waals surface area contributed by atoms with E-state index in [1.165, 1.54) is 94.6 Å². The Bertz CT molecular complexity index is 1090. The summed E-state index contributed by atoms with van der Waals surface area (Å²) in [6.07, 6.45) is 20.4. The van der Waals surface area contributed by atoms with Gasteiger partial charge in [-0.3, -0.25) is 0 Å². The third-order valence-electron chi connectivity index (χ3n) is 12.4. The van der Waals surface area contributed by atoms with Gasteiger partial charge in [-0.25, -0.2) is 0 Å². The molecule has 0 radical (unpaired) electrons. The second-order valence-corrected chi connectivity index (χ2v) is 14.3. The lowest BCUT2D eigenvalue weighted by molar-refractivity contribution is -0.313. The van der Waals surface area contributed by atoms with E-state index in [-0.39, 0.29) is 23.2 Å². The predicted octanol–water partition coefficient (Wildman–Crippen LogP) is 6.93. The molecule has 5 aliphatic carbocycles. The summed E-state index contributed by atoms with van der Waals surface area (Å²) in [5.74, 6) is 10.2. The van der Waals surface area contributed by atoms with E-state index in [0.29, 0.717) is 41.3 Å². The van der Waals surface area contributed by atoms with E-state index < -0.39 is 0 Å². The summed E-state index contributed by atoms with van der Waals surface area (Å²) in [5, 5.41) is 10.3. The summed E-state index contributed by atoms with van der Waals surface area (Å²) in [7, 11) is 0. The zero-order chi connectivity index (χ0) is 25.3. The third kappa shape index (κ3) is 3.91. The van der Waals surface area contributed by atoms with Crippen LogP contribution in [-0.2, 0) is 17.6 Å². The fourth-order valence-corrected chi connectivity index (χ4v) is 10.8. The number of phenols is 1. The first-order valence-corrected chi connectivity index (χ1v) is 15.7. The van der Waals surface area contributed by atoms with Gasteiger partial charge in [0.25, 0.3) is 0 Å². The van der Waals surface area contributed by atoms with Crippen LogP contribution in [0.5, 0.6) is 5.75 Å². The van der Waals surface area contributed by atoms with Crippen molar-refractivity contribution in [1.29, 1.82) is 0 Å². The highest BCUT2D eigenvalue weighted by molar-refractivity contribution is 5.38. The van der Waals surface area contributed by atoms with Crippen LogP contribution in [0.25, 0.3) is 0 Å². The maximum absolute atomic E-state index is 10.3. The molecule has 3 heteroatoms. The van der Waals surface area contributed by atoms with Gasteiger partial charge >= 0.3 is 0 Å². The molecule has 6 fully saturated rings. The number of aromatic hydroxyl groups is 1. The third-order valence-corrected chi connectivity index (χ3v) is 12.4. The highest BCUT2D eigenvalue weighted by Gasteiger charge is 2.66. The van der Waals surface area contributed by atoms with Gasteiger partial charge in [0.2, 0.25) is 0 Å². The van der Waals surface area contributed by atoms with Crippen LogP contribution >= 0.6 is 0 Å². The highest BCUT2D eigenvalue weighted by Crippen LogP contribution is 2.64. The maximum atomic E-state index is 10.3. The molecule has 3 nitrogen and oxygen atoms in total. The van der Waals surface area contributed by atoms with Crippen LogP contribution < -0.4 is 5.73 Å². The monoisotopic (exact) mass is 501 g/mol. The average Bonchev–Trinajstić information content (AvgIpc) is 3.33. The Balaban J connectivity index is 1.34.